The van der Waals surface area contributed by atoms with Gasteiger partial charge in [-0.15, -0.1) is 0 Å². The van der Waals surface area contributed by atoms with Gasteiger partial charge in [-0.25, -0.2) is 4.39 Å². The van der Waals surface area contributed by atoms with E-state index in [-0.39, 0.29) is 17.6 Å². The highest BCUT2D eigenvalue weighted by Crippen LogP contribution is 2.30. The van der Waals surface area contributed by atoms with Crippen molar-refractivity contribution in [1.29, 1.82) is 0 Å². The molecule has 5 heteroatoms. The summed E-state index contributed by atoms with van der Waals surface area (Å²) in [6.45, 7) is 1.55. The summed E-state index contributed by atoms with van der Waals surface area (Å²) in [6, 6.07) is 5.75. The number of aliphatic hydroxyl groups is 1. The molecule has 1 heterocycles. The van der Waals surface area contributed by atoms with Crippen LogP contribution in [0.2, 0.25) is 0 Å². The van der Waals surface area contributed by atoms with Crippen LogP contribution in [-0.2, 0) is 9.53 Å². The minimum Gasteiger partial charge on any atom is -0.388 e. The Bertz CT molecular complexity index is 435. The van der Waals surface area contributed by atoms with Gasteiger partial charge in [-0.3, -0.25) is 4.79 Å². The number of benzene rings is 1. The fourth-order valence-corrected chi connectivity index (χ4v) is 2.36. The number of rotatable bonds is 5. The third-order valence-electron chi connectivity index (χ3n) is 3.47. The molecule has 4 nitrogen and oxygen atoms in total. The maximum atomic E-state index is 12.8. The van der Waals surface area contributed by atoms with Gasteiger partial charge in [-0.05, 0) is 17.7 Å². The number of hydrogen-bond acceptors (Lipinski definition) is 3. The van der Waals surface area contributed by atoms with Gasteiger partial charge in [0.15, 0.2) is 0 Å². The minimum atomic E-state index is -0.739. The Morgan fingerprint density at radius 2 is 2.16 bits per heavy atom. The van der Waals surface area contributed by atoms with Crippen LogP contribution < -0.4 is 0 Å². The van der Waals surface area contributed by atoms with Crippen LogP contribution in [0, 0.1) is 11.7 Å². The van der Waals surface area contributed by atoms with E-state index in [9.17, 15) is 14.3 Å². The molecule has 0 aliphatic carbocycles. The van der Waals surface area contributed by atoms with Gasteiger partial charge in [0.2, 0.25) is 5.91 Å². The monoisotopic (exact) mass is 267 g/mol. The average molecular weight is 267 g/mol. The van der Waals surface area contributed by atoms with E-state index < -0.39 is 6.10 Å². The number of carbonyl (C=O) groups excluding carboxylic acids is 1. The Labute approximate surface area is 111 Å². The number of likely N-dealkylation sites (tertiary alicyclic amines) is 1. The van der Waals surface area contributed by atoms with E-state index in [2.05, 4.69) is 0 Å². The number of nitrogens with zero attached hydrogens (tertiary/aromatic N) is 1. The van der Waals surface area contributed by atoms with Crippen molar-refractivity contribution in [3.8, 4) is 0 Å². The van der Waals surface area contributed by atoms with Crippen LogP contribution in [0.1, 0.15) is 18.1 Å². The predicted molar refractivity (Wildman–Crippen MR) is 67.9 cm³/mol. The van der Waals surface area contributed by atoms with Crippen molar-refractivity contribution in [2.24, 2.45) is 5.92 Å². The largest absolute Gasteiger partial charge is 0.388 e. The third-order valence-corrected chi connectivity index (χ3v) is 3.47. The van der Waals surface area contributed by atoms with Gasteiger partial charge < -0.3 is 14.7 Å². The lowest BCUT2D eigenvalue weighted by Crippen LogP contribution is -2.29. The van der Waals surface area contributed by atoms with Crippen molar-refractivity contribution >= 4 is 5.91 Å². The summed E-state index contributed by atoms with van der Waals surface area (Å²) in [4.78, 5) is 13.5. The van der Waals surface area contributed by atoms with Gasteiger partial charge in [0.05, 0.1) is 12.7 Å². The number of amides is 1. The zero-order valence-corrected chi connectivity index (χ0v) is 10.9. The van der Waals surface area contributed by atoms with Crippen molar-refractivity contribution in [3.63, 3.8) is 0 Å². The Morgan fingerprint density at radius 3 is 2.79 bits per heavy atom. The van der Waals surface area contributed by atoms with Crippen molar-refractivity contribution in [1.82, 2.24) is 4.90 Å². The first-order valence-electron chi connectivity index (χ1n) is 6.32. The lowest BCUT2D eigenvalue weighted by atomic mass is 9.95. The number of carbonyl (C=O) groups is 1. The van der Waals surface area contributed by atoms with Gasteiger partial charge in [0.1, 0.15) is 5.82 Å². The van der Waals surface area contributed by atoms with Gasteiger partial charge in [0.25, 0.3) is 0 Å². The maximum Gasteiger partial charge on any atom is 0.223 e. The van der Waals surface area contributed by atoms with Gasteiger partial charge in [-0.1, -0.05) is 12.1 Å². The molecule has 1 N–H and O–H groups in total. The Hall–Kier alpha value is -1.46. The molecule has 1 aliphatic rings. The van der Waals surface area contributed by atoms with Crippen LogP contribution in [0.25, 0.3) is 0 Å². The summed E-state index contributed by atoms with van der Waals surface area (Å²) < 4.78 is 17.8. The van der Waals surface area contributed by atoms with E-state index >= 15 is 0 Å². The van der Waals surface area contributed by atoms with E-state index in [0.29, 0.717) is 31.7 Å². The second kappa shape index (κ2) is 6.12. The molecule has 0 radical (unpaired) electrons. The maximum absolute atomic E-state index is 12.8. The highest BCUT2D eigenvalue weighted by molar-refractivity contribution is 5.78. The van der Waals surface area contributed by atoms with Crippen molar-refractivity contribution < 1.29 is 19.0 Å². The summed E-state index contributed by atoms with van der Waals surface area (Å²) in [7, 11) is 1.59. The third kappa shape index (κ3) is 3.30. The molecule has 2 unspecified atom stereocenters. The Kier molecular flexibility index (Phi) is 4.50. The predicted octanol–water partition coefficient (Wildman–Crippen LogP) is 1.35. The standard InChI is InChI=1S/C14H18FNO3/c1-19-7-6-16-9-11(8-13(16)17)14(18)10-2-4-12(15)5-3-10/h2-5,11,14,18H,6-9H2,1H3. The highest BCUT2D eigenvalue weighted by Gasteiger charge is 2.34. The quantitative estimate of drug-likeness (QED) is 0.876. The molecule has 0 saturated carbocycles. The number of hydrogen-bond donors (Lipinski definition) is 1. The lowest BCUT2D eigenvalue weighted by molar-refractivity contribution is -0.128. The highest BCUT2D eigenvalue weighted by atomic mass is 19.1. The number of aliphatic hydroxyl groups excluding tert-OH is 1. The molecule has 19 heavy (non-hydrogen) atoms. The summed E-state index contributed by atoms with van der Waals surface area (Å²) in [5.41, 5.74) is 0.646. The normalized spacial score (nSPS) is 20.9. The van der Waals surface area contributed by atoms with Crippen LogP contribution in [0.15, 0.2) is 24.3 Å². The summed E-state index contributed by atoms with van der Waals surface area (Å²) >= 11 is 0. The van der Waals surface area contributed by atoms with Crippen molar-refractivity contribution in [2.45, 2.75) is 12.5 Å². The molecule has 2 rings (SSSR count). The lowest BCUT2D eigenvalue weighted by Gasteiger charge is -2.19. The number of halogens is 1. The SMILES string of the molecule is COCCN1CC(C(O)c2ccc(F)cc2)CC1=O. The zero-order valence-electron chi connectivity index (χ0n) is 10.9. The van der Waals surface area contributed by atoms with Crippen LogP contribution in [0.5, 0.6) is 0 Å². The first kappa shape index (κ1) is 14.0. The van der Waals surface area contributed by atoms with Crippen LogP contribution in [0.3, 0.4) is 0 Å². The van der Waals surface area contributed by atoms with Crippen LogP contribution in [0.4, 0.5) is 4.39 Å². The molecule has 1 aromatic carbocycles. The van der Waals surface area contributed by atoms with E-state index in [4.69, 9.17) is 4.74 Å². The van der Waals surface area contributed by atoms with E-state index in [0.717, 1.165) is 0 Å². The van der Waals surface area contributed by atoms with Gasteiger partial charge in [0, 0.05) is 32.5 Å². The molecular formula is C14H18FNO3. The summed E-state index contributed by atoms with van der Waals surface area (Å²) in [5, 5.41) is 10.2. The molecule has 1 fully saturated rings. The number of methoxy groups -OCH3 is 1. The van der Waals surface area contributed by atoms with Gasteiger partial charge >= 0.3 is 0 Å². The second-order valence-electron chi connectivity index (χ2n) is 4.79. The number of ether oxygens (including phenoxy) is 1. The van der Waals surface area contributed by atoms with Crippen molar-refractivity contribution in [2.75, 3.05) is 26.8 Å². The van der Waals surface area contributed by atoms with E-state index in [1.54, 1.807) is 24.1 Å². The van der Waals surface area contributed by atoms with Crippen LogP contribution in [-0.4, -0.2) is 42.7 Å². The second-order valence-corrected chi connectivity index (χ2v) is 4.79. The summed E-state index contributed by atoms with van der Waals surface area (Å²) in [6.07, 6.45) is -0.417. The molecule has 1 aromatic rings. The average Bonchev–Trinajstić information content (AvgIpc) is 2.78. The zero-order chi connectivity index (χ0) is 13.8. The first-order valence-corrected chi connectivity index (χ1v) is 6.32. The topological polar surface area (TPSA) is 49.8 Å². The molecule has 0 spiro atoms. The minimum absolute atomic E-state index is 0.0308. The van der Waals surface area contributed by atoms with Crippen molar-refractivity contribution in [3.05, 3.63) is 35.6 Å². The Balaban J connectivity index is 1.99. The molecule has 1 amide bonds. The van der Waals surface area contributed by atoms with E-state index in [1.165, 1.54) is 12.1 Å². The fraction of sp³-hybridized carbons (Fsp3) is 0.500. The molecule has 1 saturated heterocycles. The smallest absolute Gasteiger partial charge is 0.223 e. The van der Waals surface area contributed by atoms with E-state index in [1.807, 2.05) is 0 Å². The Morgan fingerprint density at radius 1 is 1.47 bits per heavy atom. The molecule has 0 aromatic heterocycles. The molecule has 2 atom stereocenters. The molecule has 1 aliphatic heterocycles. The van der Waals surface area contributed by atoms with Gasteiger partial charge in [-0.2, -0.15) is 0 Å². The molecule has 104 valence electrons. The van der Waals surface area contributed by atoms with Crippen LogP contribution >= 0.6 is 0 Å². The first-order chi connectivity index (χ1) is 9.11. The molecule has 0 bridgehead atoms. The fourth-order valence-electron chi connectivity index (χ4n) is 2.36. The summed E-state index contributed by atoms with van der Waals surface area (Å²) in [5.74, 6) is -0.446. The molecular weight excluding hydrogens is 249 g/mol.